The van der Waals surface area contributed by atoms with Gasteiger partial charge in [0.1, 0.15) is 17.2 Å². The van der Waals surface area contributed by atoms with E-state index in [1.165, 1.54) is 0 Å². The van der Waals surface area contributed by atoms with Gasteiger partial charge < -0.3 is 19.7 Å². The number of amides is 2. The molecule has 1 aliphatic rings. The summed E-state index contributed by atoms with van der Waals surface area (Å²) in [5.41, 5.74) is 2.66. The van der Waals surface area contributed by atoms with Crippen molar-refractivity contribution in [3.05, 3.63) is 65.9 Å². The number of benzene rings is 2. The van der Waals surface area contributed by atoms with Crippen LogP contribution in [0.5, 0.6) is 11.5 Å². The number of carbonyl (C=O) groups is 2. The van der Waals surface area contributed by atoms with Crippen LogP contribution in [-0.4, -0.2) is 60.3 Å². The minimum Gasteiger partial charge on any atom is -0.497 e. The molecule has 0 atom stereocenters. The first-order valence-electron chi connectivity index (χ1n) is 10.5. The third-order valence-electron chi connectivity index (χ3n) is 5.66. The lowest BCUT2D eigenvalue weighted by Crippen LogP contribution is -2.46. The Kier molecular flexibility index (Phi) is 6.39. The highest BCUT2D eigenvalue weighted by Crippen LogP contribution is 2.22. The molecule has 2 amide bonds. The van der Waals surface area contributed by atoms with Crippen molar-refractivity contribution in [1.82, 2.24) is 20.4 Å². The number of nitrogens with zero attached hydrogens (tertiary/aromatic N) is 2. The van der Waals surface area contributed by atoms with Crippen LogP contribution in [0.2, 0.25) is 0 Å². The lowest BCUT2D eigenvalue weighted by molar-refractivity contribution is 0.0692. The maximum Gasteiger partial charge on any atom is 0.271 e. The first kappa shape index (κ1) is 21.4. The molecule has 1 saturated heterocycles. The second kappa shape index (κ2) is 9.55. The van der Waals surface area contributed by atoms with E-state index in [2.05, 4.69) is 15.5 Å². The number of ether oxygens (including phenoxy) is 2. The van der Waals surface area contributed by atoms with Crippen molar-refractivity contribution in [2.45, 2.75) is 18.9 Å². The summed E-state index contributed by atoms with van der Waals surface area (Å²) < 4.78 is 10.3. The molecule has 0 saturated carbocycles. The Morgan fingerprint density at radius 2 is 1.56 bits per heavy atom. The molecule has 0 radical (unpaired) electrons. The molecule has 166 valence electrons. The second-order valence-corrected chi connectivity index (χ2v) is 7.66. The molecule has 0 bridgehead atoms. The van der Waals surface area contributed by atoms with Crippen LogP contribution in [0.1, 0.15) is 33.7 Å². The number of methoxy groups -OCH3 is 2. The van der Waals surface area contributed by atoms with Crippen LogP contribution < -0.4 is 14.8 Å². The second-order valence-electron chi connectivity index (χ2n) is 7.66. The summed E-state index contributed by atoms with van der Waals surface area (Å²) in [6, 6.07) is 16.3. The third kappa shape index (κ3) is 4.74. The van der Waals surface area contributed by atoms with Crippen LogP contribution in [0.15, 0.2) is 54.6 Å². The SMILES string of the molecule is COc1ccc(C(=O)NC2CCN(C(=O)c3cc(-c4ccc(OC)cc4)n[nH]3)CC2)cc1. The molecule has 2 heterocycles. The first-order chi connectivity index (χ1) is 15.6. The number of rotatable bonds is 6. The van der Waals surface area contributed by atoms with Crippen LogP contribution in [0.4, 0.5) is 0 Å². The third-order valence-corrected chi connectivity index (χ3v) is 5.66. The molecule has 2 N–H and O–H groups in total. The zero-order valence-electron chi connectivity index (χ0n) is 18.1. The van der Waals surface area contributed by atoms with Gasteiger partial charge in [-0.05, 0) is 67.4 Å². The number of piperidine rings is 1. The van der Waals surface area contributed by atoms with E-state index < -0.39 is 0 Å². The Balaban J connectivity index is 1.31. The van der Waals surface area contributed by atoms with E-state index in [1.54, 1.807) is 49.5 Å². The number of nitrogens with one attached hydrogen (secondary N) is 2. The van der Waals surface area contributed by atoms with Gasteiger partial charge in [-0.3, -0.25) is 14.7 Å². The van der Waals surface area contributed by atoms with Gasteiger partial charge in [0, 0.05) is 30.3 Å². The van der Waals surface area contributed by atoms with Gasteiger partial charge in [0.15, 0.2) is 0 Å². The predicted molar refractivity (Wildman–Crippen MR) is 120 cm³/mol. The fraction of sp³-hybridized carbons (Fsp3) is 0.292. The molecule has 0 unspecified atom stereocenters. The molecule has 32 heavy (non-hydrogen) atoms. The number of aromatic amines is 1. The van der Waals surface area contributed by atoms with Crippen LogP contribution >= 0.6 is 0 Å². The van der Waals surface area contributed by atoms with Gasteiger partial charge in [-0.15, -0.1) is 0 Å². The summed E-state index contributed by atoms with van der Waals surface area (Å²) in [5, 5.41) is 10.2. The van der Waals surface area contributed by atoms with Crippen LogP contribution in [0.25, 0.3) is 11.3 Å². The predicted octanol–water partition coefficient (Wildman–Crippen LogP) is 3.13. The molecule has 3 aromatic rings. The van der Waals surface area contributed by atoms with Gasteiger partial charge in [0.25, 0.3) is 11.8 Å². The minimum atomic E-state index is -0.116. The van der Waals surface area contributed by atoms with Gasteiger partial charge >= 0.3 is 0 Å². The van der Waals surface area contributed by atoms with Crippen molar-refractivity contribution >= 4 is 11.8 Å². The minimum absolute atomic E-state index is 0.0327. The highest BCUT2D eigenvalue weighted by atomic mass is 16.5. The average molecular weight is 434 g/mol. The fourth-order valence-corrected chi connectivity index (χ4v) is 3.75. The zero-order chi connectivity index (χ0) is 22.5. The first-order valence-corrected chi connectivity index (χ1v) is 10.5. The topological polar surface area (TPSA) is 96.6 Å². The number of hydrogen-bond donors (Lipinski definition) is 2. The zero-order valence-corrected chi connectivity index (χ0v) is 18.1. The van der Waals surface area contributed by atoms with Gasteiger partial charge in [0.2, 0.25) is 0 Å². The Labute approximate surface area is 186 Å². The molecule has 1 aromatic heterocycles. The summed E-state index contributed by atoms with van der Waals surface area (Å²) in [4.78, 5) is 27.2. The Hall–Kier alpha value is -3.81. The summed E-state index contributed by atoms with van der Waals surface area (Å²) >= 11 is 0. The van der Waals surface area contributed by atoms with Gasteiger partial charge in [-0.25, -0.2) is 0 Å². The fourth-order valence-electron chi connectivity index (χ4n) is 3.75. The van der Waals surface area contributed by atoms with E-state index in [1.807, 2.05) is 24.3 Å². The van der Waals surface area contributed by atoms with Crippen LogP contribution in [0.3, 0.4) is 0 Å². The lowest BCUT2D eigenvalue weighted by Gasteiger charge is -2.32. The van der Waals surface area contributed by atoms with E-state index in [0.717, 1.165) is 11.3 Å². The van der Waals surface area contributed by atoms with E-state index in [4.69, 9.17) is 9.47 Å². The Bertz CT molecular complexity index is 1070. The number of aromatic nitrogens is 2. The maximum absolute atomic E-state index is 12.9. The lowest BCUT2D eigenvalue weighted by atomic mass is 10.0. The standard InChI is InChI=1S/C24H26N4O4/c1-31-19-7-3-16(4-8-19)21-15-22(27-26-21)24(30)28-13-11-18(12-14-28)25-23(29)17-5-9-20(32-2)10-6-17/h3-10,15,18H,11-14H2,1-2H3,(H,25,29)(H,26,27). The monoisotopic (exact) mass is 434 g/mol. The van der Waals surface area contributed by atoms with E-state index in [0.29, 0.717) is 48.6 Å². The van der Waals surface area contributed by atoms with Crippen molar-refractivity contribution in [3.8, 4) is 22.8 Å². The summed E-state index contributed by atoms with van der Waals surface area (Å²) in [5.74, 6) is 1.28. The van der Waals surface area contributed by atoms with Crippen molar-refractivity contribution < 1.29 is 19.1 Å². The quantitative estimate of drug-likeness (QED) is 0.621. The Morgan fingerprint density at radius 1 is 0.969 bits per heavy atom. The molecule has 2 aromatic carbocycles. The molecule has 0 spiro atoms. The maximum atomic E-state index is 12.9. The highest BCUT2D eigenvalue weighted by Gasteiger charge is 2.26. The molecule has 8 heteroatoms. The van der Waals surface area contributed by atoms with Crippen LogP contribution in [-0.2, 0) is 0 Å². The van der Waals surface area contributed by atoms with Crippen LogP contribution in [0, 0.1) is 0 Å². The average Bonchev–Trinajstić information content (AvgIpc) is 3.34. The summed E-state index contributed by atoms with van der Waals surface area (Å²) in [6.07, 6.45) is 1.40. The van der Waals surface area contributed by atoms with Crippen molar-refractivity contribution in [2.75, 3.05) is 27.3 Å². The van der Waals surface area contributed by atoms with Gasteiger partial charge in [-0.1, -0.05) is 0 Å². The van der Waals surface area contributed by atoms with E-state index >= 15 is 0 Å². The number of hydrogen-bond acceptors (Lipinski definition) is 5. The molecule has 1 fully saturated rings. The highest BCUT2D eigenvalue weighted by molar-refractivity contribution is 5.95. The van der Waals surface area contributed by atoms with Gasteiger partial charge in [0.05, 0.1) is 19.9 Å². The van der Waals surface area contributed by atoms with Gasteiger partial charge in [-0.2, -0.15) is 5.10 Å². The number of carbonyl (C=O) groups excluding carboxylic acids is 2. The van der Waals surface area contributed by atoms with Crippen molar-refractivity contribution in [1.29, 1.82) is 0 Å². The normalized spacial score (nSPS) is 14.1. The molecule has 4 rings (SSSR count). The summed E-state index contributed by atoms with van der Waals surface area (Å²) in [7, 11) is 3.21. The largest absolute Gasteiger partial charge is 0.497 e. The molecular formula is C24H26N4O4. The smallest absolute Gasteiger partial charge is 0.271 e. The van der Waals surface area contributed by atoms with E-state index in [9.17, 15) is 9.59 Å². The molecule has 0 aliphatic carbocycles. The van der Waals surface area contributed by atoms with Crippen molar-refractivity contribution in [2.24, 2.45) is 0 Å². The molecule has 1 aliphatic heterocycles. The Morgan fingerprint density at radius 3 is 2.16 bits per heavy atom. The van der Waals surface area contributed by atoms with E-state index in [-0.39, 0.29) is 17.9 Å². The molecular weight excluding hydrogens is 408 g/mol. The summed E-state index contributed by atoms with van der Waals surface area (Å²) in [6.45, 7) is 1.15. The van der Waals surface area contributed by atoms with Crippen molar-refractivity contribution in [3.63, 3.8) is 0 Å². The molecule has 8 nitrogen and oxygen atoms in total. The number of likely N-dealkylation sites (tertiary alicyclic amines) is 1. The number of H-pyrrole nitrogens is 1.